The Morgan fingerprint density at radius 3 is 2.55 bits per heavy atom. The molecule has 1 unspecified atom stereocenters. The van der Waals surface area contributed by atoms with Gasteiger partial charge in [0.25, 0.3) is 0 Å². The third kappa shape index (κ3) is 3.83. The molecule has 0 radical (unpaired) electrons. The molecule has 0 saturated carbocycles. The second-order valence-electron chi connectivity index (χ2n) is 6.50. The molecule has 1 atom stereocenters. The molecule has 0 aromatic heterocycles. The summed E-state index contributed by atoms with van der Waals surface area (Å²) in [4.78, 5) is 2.77. The first kappa shape index (κ1) is 14.1. The Hall–Kier alpha value is -0.860. The van der Waals surface area contributed by atoms with E-state index in [9.17, 15) is 0 Å². The highest BCUT2D eigenvalue weighted by atomic mass is 15.2. The van der Waals surface area contributed by atoms with E-state index in [1.807, 2.05) is 0 Å². The molecule has 2 heteroatoms. The van der Waals surface area contributed by atoms with Crippen LogP contribution < -0.4 is 5.32 Å². The Balaban J connectivity index is 1.46. The van der Waals surface area contributed by atoms with Gasteiger partial charge in [0.2, 0.25) is 0 Å². The lowest BCUT2D eigenvalue weighted by Gasteiger charge is -2.37. The summed E-state index contributed by atoms with van der Waals surface area (Å²) < 4.78 is 0. The van der Waals surface area contributed by atoms with Gasteiger partial charge in [0.15, 0.2) is 0 Å². The van der Waals surface area contributed by atoms with Crippen LogP contribution in [0.4, 0.5) is 0 Å². The normalized spacial score (nSPS) is 26.3. The Morgan fingerprint density at radius 2 is 1.75 bits per heavy atom. The summed E-state index contributed by atoms with van der Waals surface area (Å²) in [7, 11) is 0. The van der Waals surface area contributed by atoms with Crippen LogP contribution in [-0.2, 0) is 6.42 Å². The lowest BCUT2D eigenvalue weighted by Crippen LogP contribution is -2.42. The van der Waals surface area contributed by atoms with Crippen molar-refractivity contribution < 1.29 is 0 Å². The van der Waals surface area contributed by atoms with Crippen molar-refractivity contribution in [3.63, 3.8) is 0 Å². The van der Waals surface area contributed by atoms with Crippen molar-refractivity contribution in [2.75, 3.05) is 26.2 Å². The van der Waals surface area contributed by atoms with Gasteiger partial charge in [-0.25, -0.2) is 0 Å². The first-order valence-corrected chi connectivity index (χ1v) is 8.40. The van der Waals surface area contributed by atoms with Gasteiger partial charge in [-0.1, -0.05) is 30.3 Å². The minimum absolute atomic E-state index is 0.850. The summed E-state index contributed by atoms with van der Waals surface area (Å²) in [5.41, 5.74) is 1.52. The molecule has 1 aromatic carbocycles. The summed E-state index contributed by atoms with van der Waals surface area (Å²) in [5.74, 6) is 0.901. The smallest absolute Gasteiger partial charge is 0.0108 e. The molecule has 2 heterocycles. The van der Waals surface area contributed by atoms with Gasteiger partial charge in [-0.15, -0.1) is 0 Å². The van der Waals surface area contributed by atoms with E-state index in [1.165, 1.54) is 70.3 Å². The monoisotopic (exact) mass is 272 g/mol. The molecule has 0 amide bonds. The van der Waals surface area contributed by atoms with Crippen molar-refractivity contribution >= 4 is 0 Å². The van der Waals surface area contributed by atoms with Crippen molar-refractivity contribution in [1.29, 1.82) is 0 Å². The van der Waals surface area contributed by atoms with Gasteiger partial charge < -0.3 is 10.2 Å². The predicted molar refractivity (Wildman–Crippen MR) is 85.0 cm³/mol. The van der Waals surface area contributed by atoms with E-state index < -0.39 is 0 Å². The fourth-order valence-electron chi connectivity index (χ4n) is 3.84. The minimum atomic E-state index is 0.850. The van der Waals surface area contributed by atoms with Gasteiger partial charge in [-0.05, 0) is 76.2 Å². The van der Waals surface area contributed by atoms with E-state index in [4.69, 9.17) is 0 Å². The van der Waals surface area contributed by atoms with Gasteiger partial charge in [-0.2, -0.15) is 0 Å². The van der Waals surface area contributed by atoms with Gasteiger partial charge in [0.05, 0.1) is 0 Å². The lowest BCUT2D eigenvalue weighted by molar-refractivity contribution is 0.123. The van der Waals surface area contributed by atoms with Crippen LogP contribution >= 0.6 is 0 Å². The lowest BCUT2D eigenvalue weighted by atomic mass is 9.89. The van der Waals surface area contributed by atoms with Crippen molar-refractivity contribution in [1.82, 2.24) is 10.2 Å². The topological polar surface area (TPSA) is 15.3 Å². The molecular weight excluding hydrogens is 244 g/mol. The number of rotatable bonds is 3. The number of nitrogens with zero attached hydrogens (tertiary/aromatic N) is 1. The van der Waals surface area contributed by atoms with E-state index in [2.05, 4.69) is 40.5 Å². The second kappa shape index (κ2) is 7.24. The Labute approximate surface area is 123 Å². The first-order valence-electron chi connectivity index (χ1n) is 8.40. The summed E-state index contributed by atoms with van der Waals surface area (Å²) in [6, 6.07) is 11.9. The quantitative estimate of drug-likeness (QED) is 0.909. The average Bonchev–Trinajstić information content (AvgIpc) is 2.78. The molecule has 1 N–H and O–H groups in total. The van der Waals surface area contributed by atoms with Gasteiger partial charge in [0.1, 0.15) is 0 Å². The largest absolute Gasteiger partial charge is 0.317 e. The molecule has 0 bridgehead atoms. The Bertz CT molecular complexity index is 374. The van der Waals surface area contributed by atoms with Crippen LogP contribution in [0.25, 0.3) is 0 Å². The minimum Gasteiger partial charge on any atom is -0.317 e. The molecule has 2 fully saturated rings. The number of hydrogen-bond donors (Lipinski definition) is 1. The number of piperidine rings is 1. The highest BCUT2D eigenvalue weighted by Gasteiger charge is 2.25. The van der Waals surface area contributed by atoms with E-state index in [1.54, 1.807) is 0 Å². The molecule has 110 valence electrons. The van der Waals surface area contributed by atoms with Crippen molar-refractivity contribution in [3.8, 4) is 0 Å². The second-order valence-corrected chi connectivity index (χ2v) is 6.50. The Kier molecular flexibility index (Phi) is 5.10. The van der Waals surface area contributed by atoms with Crippen LogP contribution in [0.15, 0.2) is 30.3 Å². The van der Waals surface area contributed by atoms with E-state index >= 15 is 0 Å². The first-order chi connectivity index (χ1) is 9.92. The van der Waals surface area contributed by atoms with Crippen LogP contribution in [0.3, 0.4) is 0 Å². The SMILES string of the molecule is c1ccc(CC2CCN(C3CCCNCC3)CC2)cc1. The molecular formula is C18H28N2. The maximum absolute atomic E-state index is 3.53. The fraction of sp³-hybridized carbons (Fsp3) is 0.667. The molecule has 2 aliphatic heterocycles. The predicted octanol–water partition coefficient (Wildman–Crippen LogP) is 3.08. The van der Waals surface area contributed by atoms with Crippen LogP contribution in [0.1, 0.15) is 37.7 Å². The van der Waals surface area contributed by atoms with Crippen molar-refractivity contribution in [2.45, 2.75) is 44.6 Å². The molecule has 2 saturated heterocycles. The molecule has 3 rings (SSSR count). The van der Waals surface area contributed by atoms with Crippen molar-refractivity contribution in [2.24, 2.45) is 5.92 Å². The maximum Gasteiger partial charge on any atom is 0.0108 e. The molecule has 20 heavy (non-hydrogen) atoms. The summed E-state index contributed by atoms with van der Waals surface area (Å²) in [6.45, 7) is 5.08. The van der Waals surface area contributed by atoms with Crippen LogP contribution in [-0.4, -0.2) is 37.1 Å². The number of hydrogen-bond acceptors (Lipinski definition) is 2. The molecule has 1 aromatic rings. The summed E-state index contributed by atoms with van der Waals surface area (Å²) >= 11 is 0. The van der Waals surface area contributed by atoms with Crippen LogP contribution in [0.2, 0.25) is 0 Å². The summed E-state index contributed by atoms with van der Waals surface area (Å²) in [6.07, 6.45) is 8.16. The zero-order valence-corrected chi connectivity index (χ0v) is 12.6. The van der Waals surface area contributed by atoms with E-state index in [-0.39, 0.29) is 0 Å². The fourth-order valence-corrected chi connectivity index (χ4v) is 3.84. The van der Waals surface area contributed by atoms with Gasteiger partial charge >= 0.3 is 0 Å². The number of nitrogens with one attached hydrogen (secondary N) is 1. The zero-order chi connectivity index (χ0) is 13.6. The molecule has 0 aliphatic carbocycles. The number of likely N-dealkylation sites (tertiary alicyclic amines) is 1. The average molecular weight is 272 g/mol. The summed E-state index contributed by atoms with van der Waals surface area (Å²) in [5, 5.41) is 3.53. The van der Waals surface area contributed by atoms with Gasteiger partial charge in [-0.3, -0.25) is 0 Å². The Morgan fingerprint density at radius 1 is 0.950 bits per heavy atom. The van der Waals surface area contributed by atoms with Crippen LogP contribution in [0.5, 0.6) is 0 Å². The third-order valence-electron chi connectivity index (χ3n) is 5.08. The van der Waals surface area contributed by atoms with E-state index in [0.29, 0.717) is 0 Å². The molecule has 0 spiro atoms. The van der Waals surface area contributed by atoms with E-state index in [0.717, 1.165) is 12.0 Å². The maximum atomic E-state index is 3.53. The standard InChI is InChI=1S/C18H28N2/c1-2-5-16(6-3-1)15-17-9-13-20(14-10-17)18-7-4-11-19-12-8-18/h1-3,5-6,17-19H,4,7-15H2. The third-order valence-corrected chi connectivity index (χ3v) is 5.08. The highest BCUT2D eigenvalue weighted by Crippen LogP contribution is 2.25. The number of benzene rings is 1. The van der Waals surface area contributed by atoms with Gasteiger partial charge in [0, 0.05) is 6.04 Å². The van der Waals surface area contributed by atoms with Crippen molar-refractivity contribution in [3.05, 3.63) is 35.9 Å². The zero-order valence-electron chi connectivity index (χ0n) is 12.6. The molecule has 2 aliphatic rings. The van der Waals surface area contributed by atoms with Crippen LogP contribution in [0, 0.1) is 5.92 Å². The highest BCUT2D eigenvalue weighted by molar-refractivity contribution is 5.15. The molecule has 2 nitrogen and oxygen atoms in total.